The Bertz CT molecular complexity index is 206. The Morgan fingerprint density at radius 1 is 1.33 bits per heavy atom. The van der Waals surface area contributed by atoms with Crippen molar-refractivity contribution >= 4 is 27.9 Å². The zero-order valence-electron chi connectivity index (χ0n) is 9.12. The molecule has 0 radical (unpaired) electrons. The zero-order valence-corrected chi connectivity index (χ0v) is 10.7. The first kappa shape index (κ1) is 14.4. The lowest BCUT2D eigenvalue weighted by molar-refractivity contribution is -0.152. The van der Waals surface area contributed by atoms with Gasteiger partial charge < -0.3 is 9.47 Å². The molecule has 0 aromatic heterocycles. The van der Waals surface area contributed by atoms with E-state index in [9.17, 15) is 9.59 Å². The molecule has 0 N–H and O–H groups in total. The number of esters is 2. The van der Waals surface area contributed by atoms with Crippen LogP contribution in [0.1, 0.15) is 32.6 Å². The molecule has 4 nitrogen and oxygen atoms in total. The van der Waals surface area contributed by atoms with Crippen LogP contribution in [0, 0.1) is 0 Å². The molecule has 1 unspecified atom stereocenters. The summed E-state index contributed by atoms with van der Waals surface area (Å²) in [4.78, 5) is 22.2. The molecule has 1 atom stereocenters. The van der Waals surface area contributed by atoms with Gasteiger partial charge in [0.1, 0.15) is 6.10 Å². The summed E-state index contributed by atoms with van der Waals surface area (Å²) in [6.45, 7) is 2.00. The zero-order chi connectivity index (χ0) is 11.7. The van der Waals surface area contributed by atoms with Crippen LogP contribution in [-0.4, -0.2) is 30.5 Å². The third-order valence-electron chi connectivity index (χ3n) is 1.83. The SMILES string of the molecule is CCCCC(=O)OC(CBr)CC(=O)OC. The lowest BCUT2D eigenvalue weighted by Gasteiger charge is -2.13. The number of unbranched alkanes of at least 4 members (excludes halogenated alkanes) is 1. The Morgan fingerprint density at radius 2 is 2.00 bits per heavy atom. The van der Waals surface area contributed by atoms with Gasteiger partial charge >= 0.3 is 11.9 Å². The monoisotopic (exact) mass is 280 g/mol. The van der Waals surface area contributed by atoms with Gasteiger partial charge in [0.2, 0.25) is 0 Å². The fraction of sp³-hybridized carbons (Fsp3) is 0.800. The lowest BCUT2D eigenvalue weighted by atomic mass is 10.2. The number of hydrogen-bond donors (Lipinski definition) is 0. The first-order chi connectivity index (χ1) is 7.13. The Balaban J connectivity index is 3.87. The highest BCUT2D eigenvalue weighted by molar-refractivity contribution is 9.09. The summed E-state index contributed by atoms with van der Waals surface area (Å²) in [6.07, 6.45) is 1.83. The number of alkyl halides is 1. The molecule has 0 aliphatic carbocycles. The minimum atomic E-state index is -0.429. The number of ether oxygens (including phenoxy) is 2. The van der Waals surface area contributed by atoms with E-state index in [1.54, 1.807) is 0 Å². The van der Waals surface area contributed by atoms with Gasteiger partial charge in [0.05, 0.1) is 13.5 Å². The summed E-state index contributed by atoms with van der Waals surface area (Å²) >= 11 is 3.19. The summed E-state index contributed by atoms with van der Waals surface area (Å²) < 4.78 is 9.58. The average molecular weight is 281 g/mol. The predicted molar refractivity (Wildman–Crippen MR) is 59.8 cm³/mol. The maximum absolute atomic E-state index is 11.2. The maximum Gasteiger partial charge on any atom is 0.309 e. The topological polar surface area (TPSA) is 52.6 Å². The quantitative estimate of drug-likeness (QED) is 0.529. The van der Waals surface area contributed by atoms with Gasteiger partial charge in [-0.3, -0.25) is 9.59 Å². The second kappa shape index (κ2) is 8.71. The minimum Gasteiger partial charge on any atom is -0.469 e. The van der Waals surface area contributed by atoms with Gasteiger partial charge in [-0.2, -0.15) is 0 Å². The molecule has 0 aromatic carbocycles. The molecule has 0 bridgehead atoms. The van der Waals surface area contributed by atoms with E-state index in [0.29, 0.717) is 11.8 Å². The van der Waals surface area contributed by atoms with Crippen LogP contribution in [0.5, 0.6) is 0 Å². The Labute approximate surface area is 98.4 Å². The molecule has 0 aromatic rings. The molecule has 15 heavy (non-hydrogen) atoms. The van der Waals surface area contributed by atoms with Gasteiger partial charge in [0, 0.05) is 11.8 Å². The third kappa shape index (κ3) is 7.36. The molecule has 0 heterocycles. The molecule has 0 fully saturated rings. The van der Waals surface area contributed by atoms with Crippen LogP contribution in [0.2, 0.25) is 0 Å². The van der Waals surface area contributed by atoms with E-state index in [4.69, 9.17) is 4.74 Å². The molecule has 0 amide bonds. The first-order valence-corrected chi connectivity index (χ1v) is 6.08. The van der Waals surface area contributed by atoms with Gasteiger partial charge in [-0.25, -0.2) is 0 Å². The van der Waals surface area contributed by atoms with Crippen molar-refractivity contribution in [1.82, 2.24) is 0 Å². The summed E-state index contributed by atoms with van der Waals surface area (Å²) in [7, 11) is 1.31. The van der Waals surface area contributed by atoms with Crippen LogP contribution >= 0.6 is 15.9 Å². The van der Waals surface area contributed by atoms with E-state index in [0.717, 1.165) is 12.8 Å². The van der Waals surface area contributed by atoms with Crippen LogP contribution in [0.15, 0.2) is 0 Å². The van der Waals surface area contributed by atoms with Crippen LogP contribution in [-0.2, 0) is 19.1 Å². The molecular weight excluding hydrogens is 264 g/mol. The second-order valence-corrected chi connectivity index (χ2v) is 3.80. The van der Waals surface area contributed by atoms with E-state index in [2.05, 4.69) is 20.7 Å². The van der Waals surface area contributed by atoms with Gasteiger partial charge in [0.25, 0.3) is 0 Å². The summed E-state index contributed by atoms with van der Waals surface area (Å²) in [5.41, 5.74) is 0. The highest BCUT2D eigenvalue weighted by Gasteiger charge is 2.17. The lowest BCUT2D eigenvalue weighted by Crippen LogP contribution is -2.23. The highest BCUT2D eigenvalue weighted by Crippen LogP contribution is 2.07. The highest BCUT2D eigenvalue weighted by atomic mass is 79.9. The largest absolute Gasteiger partial charge is 0.469 e. The van der Waals surface area contributed by atoms with Gasteiger partial charge in [-0.15, -0.1) is 0 Å². The van der Waals surface area contributed by atoms with E-state index in [1.165, 1.54) is 7.11 Å². The summed E-state index contributed by atoms with van der Waals surface area (Å²) in [5, 5.41) is 0.444. The average Bonchev–Trinajstić information content (AvgIpc) is 2.25. The minimum absolute atomic E-state index is 0.0968. The van der Waals surface area contributed by atoms with Crippen LogP contribution in [0.3, 0.4) is 0 Å². The van der Waals surface area contributed by atoms with E-state index < -0.39 is 6.10 Å². The smallest absolute Gasteiger partial charge is 0.309 e. The van der Waals surface area contributed by atoms with E-state index >= 15 is 0 Å². The Kier molecular flexibility index (Phi) is 8.37. The Morgan fingerprint density at radius 3 is 2.47 bits per heavy atom. The fourth-order valence-electron chi connectivity index (χ4n) is 0.963. The predicted octanol–water partition coefficient (Wildman–Crippen LogP) is 2.05. The molecule has 88 valence electrons. The van der Waals surface area contributed by atoms with Crippen LogP contribution in [0.25, 0.3) is 0 Å². The van der Waals surface area contributed by atoms with Crippen molar-refractivity contribution in [1.29, 1.82) is 0 Å². The number of carbonyl (C=O) groups excluding carboxylic acids is 2. The molecule has 0 aliphatic heterocycles. The Hall–Kier alpha value is -0.580. The number of hydrogen-bond acceptors (Lipinski definition) is 4. The van der Waals surface area contributed by atoms with E-state index in [1.807, 2.05) is 6.92 Å². The molecule has 0 saturated carbocycles. The van der Waals surface area contributed by atoms with Crippen molar-refractivity contribution in [3.63, 3.8) is 0 Å². The van der Waals surface area contributed by atoms with Crippen molar-refractivity contribution in [2.75, 3.05) is 12.4 Å². The number of methoxy groups -OCH3 is 1. The summed E-state index contributed by atoms with van der Waals surface area (Å²) in [6, 6.07) is 0. The van der Waals surface area contributed by atoms with Gasteiger partial charge in [-0.1, -0.05) is 29.3 Å². The molecule has 0 rings (SSSR count). The third-order valence-corrected chi connectivity index (χ3v) is 2.55. The standard InChI is InChI=1S/C10H17BrO4/c1-3-4-5-9(12)15-8(7-11)6-10(13)14-2/h8H,3-7H2,1-2H3. The van der Waals surface area contributed by atoms with Gasteiger partial charge in [-0.05, 0) is 6.42 Å². The molecule has 5 heteroatoms. The molecule has 0 spiro atoms. The molecule has 0 aliphatic rings. The van der Waals surface area contributed by atoms with Crippen molar-refractivity contribution in [3.8, 4) is 0 Å². The first-order valence-electron chi connectivity index (χ1n) is 4.96. The van der Waals surface area contributed by atoms with Crippen LogP contribution in [0.4, 0.5) is 0 Å². The maximum atomic E-state index is 11.2. The summed E-state index contributed by atoms with van der Waals surface area (Å²) in [5.74, 6) is -0.632. The molecular formula is C10H17BrO4. The van der Waals surface area contributed by atoms with Crippen molar-refractivity contribution in [3.05, 3.63) is 0 Å². The molecule has 0 saturated heterocycles. The number of carbonyl (C=O) groups is 2. The van der Waals surface area contributed by atoms with E-state index in [-0.39, 0.29) is 18.4 Å². The fourth-order valence-corrected chi connectivity index (χ4v) is 1.32. The number of rotatable bonds is 7. The van der Waals surface area contributed by atoms with Crippen molar-refractivity contribution in [2.24, 2.45) is 0 Å². The van der Waals surface area contributed by atoms with Crippen LogP contribution < -0.4 is 0 Å². The van der Waals surface area contributed by atoms with Crippen molar-refractivity contribution in [2.45, 2.75) is 38.7 Å². The normalized spacial score (nSPS) is 11.9. The number of halogens is 1. The van der Waals surface area contributed by atoms with Gasteiger partial charge in [0.15, 0.2) is 0 Å². The second-order valence-electron chi connectivity index (χ2n) is 3.15. The van der Waals surface area contributed by atoms with Crippen molar-refractivity contribution < 1.29 is 19.1 Å².